The number of nitrogens with zero attached hydrogens (tertiary/aromatic N) is 1. The van der Waals surface area contributed by atoms with Crippen molar-refractivity contribution in [2.75, 3.05) is 19.7 Å². The fourth-order valence-corrected chi connectivity index (χ4v) is 5.70. The predicted molar refractivity (Wildman–Crippen MR) is 105 cm³/mol. The average Bonchev–Trinajstić information content (AvgIpc) is 3.24. The molecule has 1 unspecified atom stereocenters. The monoisotopic (exact) mass is 371 g/mol. The Bertz CT molecular complexity index is 403. The molecule has 0 aromatic heterocycles. The molecule has 2 aliphatic carbocycles. The van der Waals surface area contributed by atoms with Crippen LogP contribution in [-0.2, 0) is 9.53 Å². The van der Waals surface area contributed by atoms with Gasteiger partial charge in [0.2, 0.25) is 0 Å². The van der Waals surface area contributed by atoms with Gasteiger partial charge in [-0.15, -0.1) is 12.4 Å². The molecule has 0 radical (unpaired) electrons. The molecule has 146 valence electrons. The number of carbonyl (C=O) groups is 1. The number of rotatable bonds is 7. The van der Waals surface area contributed by atoms with Crippen LogP contribution in [0.2, 0.25) is 0 Å². The van der Waals surface area contributed by atoms with E-state index in [-0.39, 0.29) is 24.3 Å². The van der Waals surface area contributed by atoms with E-state index in [1.807, 2.05) is 0 Å². The first-order valence-electron chi connectivity index (χ1n) is 10.7. The second-order valence-corrected chi connectivity index (χ2v) is 8.48. The van der Waals surface area contributed by atoms with E-state index < -0.39 is 0 Å². The summed E-state index contributed by atoms with van der Waals surface area (Å²) in [6.07, 6.45) is 16.8. The average molecular weight is 372 g/mol. The lowest BCUT2D eigenvalue weighted by molar-refractivity contribution is -0.151. The molecule has 3 aliphatic rings. The maximum Gasteiger partial charge on any atom is 0.309 e. The van der Waals surface area contributed by atoms with Crippen molar-refractivity contribution < 1.29 is 9.53 Å². The highest BCUT2D eigenvalue weighted by atomic mass is 35.5. The summed E-state index contributed by atoms with van der Waals surface area (Å²) in [4.78, 5) is 15.3. The van der Waals surface area contributed by atoms with Crippen LogP contribution >= 0.6 is 12.4 Å². The minimum Gasteiger partial charge on any atom is -0.464 e. The third kappa shape index (κ3) is 5.13. The Hall–Kier alpha value is -0.280. The van der Waals surface area contributed by atoms with Gasteiger partial charge in [-0.05, 0) is 57.4 Å². The standard InChI is InChI=1S/C21H37NO2.ClH/c1-2-9-19(18-10-4-5-11-18)20(23)24-17-16-22-15-8-14-21(22)12-6-3-7-13-21;/h18-19H,2-17H2,1H3;1H. The van der Waals surface area contributed by atoms with E-state index in [0.29, 0.717) is 18.1 Å². The van der Waals surface area contributed by atoms with E-state index >= 15 is 0 Å². The first kappa shape index (κ1) is 21.0. The highest BCUT2D eigenvalue weighted by molar-refractivity contribution is 5.85. The van der Waals surface area contributed by atoms with Crippen LogP contribution in [0.1, 0.15) is 90.4 Å². The first-order chi connectivity index (χ1) is 11.7. The van der Waals surface area contributed by atoms with Crippen LogP contribution < -0.4 is 0 Å². The normalized spacial score (nSPS) is 25.0. The van der Waals surface area contributed by atoms with Crippen molar-refractivity contribution in [1.82, 2.24) is 4.90 Å². The van der Waals surface area contributed by atoms with E-state index in [2.05, 4.69) is 11.8 Å². The van der Waals surface area contributed by atoms with E-state index in [1.165, 1.54) is 77.2 Å². The van der Waals surface area contributed by atoms with Gasteiger partial charge in [-0.25, -0.2) is 0 Å². The van der Waals surface area contributed by atoms with Crippen LogP contribution in [0, 0.1) is 11.8 Å². The van der Waals surface area contributed by atoms with E-state index in [0.717, 1.165) is 19.4 Å². The maximum atomic E-state index is 12.6. The third-order valence-electron chi connectivity index (χ3n) is 7.00. The summed E-state index contributed by atoms with van der Waals surface area (Å²) in [6.45, 7) is 4.95. The fraction of sp³-hybridized carbons (Fsp3) is 0.952. The van der Waals surface area contributed by atoms with Crippen molar-refractivity contribution in [3.63, 3.8) is 0 Å². The van der Waals surface area contributed by atoms with Gasteiger partial charge in [-0.1, -0.05) is 45.4 Å². The lowest BCUT2D eigenvalue weighted by Crippen LogP contribution is -2.46. The number of carbonyl (C=O) groups excluding carboxylic acids is 1. The molecule has 1 spiro atoms. The molecule has 1 saturated heterocycles. The van der Waals surface area contributed by atoms with Crippen molar-refractivity contribution in [1.29, 1.82) is 0 Å². The Morgan fingerprint density at radius 1 is 1.08 bits per heavy atom. The topological polar surface area (TPSA) is 29.5 Å². The lowest BCUT2D eigenvalue weighted by Gasteiger charge is -2.41. The zero-order valence-corrected chi connectivity index (χ0v) is 17.0. The highest BCUT2D eigenvalue weighted by Gasteiger charge is 2.41. The van der Waals surface area contributed by atoms with Gasteiger partial charge < -0.3 is 4.74 Å². The van der Waals surface area contributed by atoms with Crippen molar-refractivity contribution in [3.8, 4) is 0 Å². The fourth-order valence-electron chi connectivity index (χ4n) is 5.70. The molecule has 0 amide bonds. The summed E-state index contributed by atoms with van der Waals surface area (Å²) in [5.41, 5.74) is 0.457. The molecular weight excluding hydrogens is 334 g/mol. The molecule has 0 aromatic carbocycles. The van der Waals surface area contributed by atoms with Crippen molar-refractivity contribution >= 4 is 18.4 Å². The number of ether oxygens (including phenoxy) is 1. The van der Waals surface area contributed by atoms with E-state index in [4.69, 9.17) is 4.74 Å². The van der Waals surface area contributed by atoms with Crippen LogP contribution in [0.4, 0.5) is 0 Å². The Morgan fingerprint density at radius 2 is 1.76 bits per heavy atom. The zero-order valence-electron chi connectivity index (χ0n) is 16.1. The summed E-state index contributed by atoms with van der Waals surface area (Å²) in [7, 11) is 0. The molecule has 1 atom stereocenters. The van der Waals surface area contributed by atoms with Gasteiger partial charge in [0.15, 0.2) is 0 Å². The van der Waals surface area contributed by atoms with E-state index in [9.17, 15) is 4.79 Å². The van der Waals surface area contributed by atoms with Crippen LogP contribution in [0.15, 0.2) is 0 Å². The Labute approximate surface area is 160 Å². The molecule has 0 N–H and O–H groups in total. The summed E-state index contributed by atoms with van der Waals surface area (Å²) in [5, 5.41) is 0. The highest BCUT2D eigenvalue weighted by Crippen LogP contribution is 2.41. The van der Waals surface area contributed by atoms with Crippen molar-refractivity contribution in [2.24, 2.45) is 11.8 Å². The van der Waals surface area contributed by atoms with E-state index in [1.54, 1.807) is 0 Å². The SMILES string of the molecule is CCCC(C(=O)OCCN1CCCC12CCCCC2)C1CCCC1.Cl. The lowest BCUT2D eigenvalue weighted by atomic mass is 9.80. The second-order valence-electron chi connectivity index (χ2n) is 8.48. The minimum atomic E-state index is 0. The number of hydrogen-bond acceptors (Lipinski definition) is 3. The van der Waals surface area contributed by atoms with Crippen LogP contribution in [0.3, 0.4) is 0 Å². The summed E-state index contributed by atoms with van der Waals surface area (Å²) in [5.74, 6) is 0.856. The van der Waals surface area contributed by atoms with Crippen LogP contribution in [0.5, 0.6) is 0 Å². The third-order valence-corrected chi connectivity index (χ3v) is 7.00. The Balaban J connectivity index is 0.00000225. The van der Waals surface area contributed by atoms with Gasteiger partial charge in [0, 0.05) is 12.1 Å². The van der Waals surface area contributed by atoms with Crippen molar-refractivity contribution in [3.05, 3.63) is 0 Å². The van der Waals surface area contributed by atoms with Gasteiger partial charge in [-0.3, -0.25) is 9.69 Å². The van der Waals surface area contributed by atoms with Gasteiger partial charge in [-0.2, -0.15) is 0 Å². The van der Waals surface area contributed by atoms with Gasteiger partial charge in [0.25, 0.3) is 0 Å². The molecule has 3 fully saturated rings. The molecule has 25 heavy (non-hydrogen) atoms. The number of hydrogen-bond donors (Lipinski definition) is 0. The van der Waals surface area contributed by atoms with Gasteiger partial charge in [0.05, 0.1) is 5.92 Å². The number of esters is 1. The largest absolute Gasteiger partial charge is 0.464 e. The van der Waals surface area contributed by atoms with Crippen LogP contribution in [-0.4, -0.2) is 36.1 Å². The summed E-state index contributed by atoms with van der Waals surface area (Å²) in [6, 6.07) is 0. The van der Waals surface area contributed by atoms with Gasteiger partial charge in [0.1, 0.15) is 6.61 Å². The summed E-state index contributed by atoms with van der Waals surface area (Å²) >= 11 is 0. The van der Waals surface area contributed by atoms with Gasteiger partial charge >= 0.3 is 5.97 Å². The Kier molecular flexibility index (Phi) is 8.54. The predicted octanol–water partition coefficient (Wildman–Crippen LogP) is 5.36. The van der Waals surface area contributed by atoms with Crippen molar-refractivity contribution in [2.45, 2.75) is 95.9 Å². The second kappa shape index (κ2) is 10.2. The van der Waals surface area contributed by atoms with Crippen LogP contribution in [0.25, 0.3) is 0 Å². The maximum absolute atomic E-state index is 12.6. The molecular formula is C21H38ClNO2. The molecule has 0 bridgehead atoms. The molecule has 1 heterocycles. The first-order valence-corrected chi connectivity index (χ1v) is 10.7. The smallest absolute Gasteiger partial charge is 0.309 e. The summed E-state index contributed by atoms with van der Waals surface area (Å²) < 4.78 is 5.78. The molecule has 0 aromatic rings. The minimum absolute atomic E-state index is 0. The number of likely N-dealkylation sites (tertiary alicyclic amines) is 1. The molecule has 3 rings (SSSR count). The quantitative estimate of drug-likeness (QED) is 0.564. The number of halogens is 1. The molecule has 1 aliphatic heterocycles. The molecule has 2 saturated carbocycles. The Morgan fingerprint density at radius 3 is 2.44 bits per heavy atom. The zero-order chi connectivity index (χ0) is 16.8. The molecule has 4 heteroatoms. The molecule has 3 nitrogen and oxygen atoms in total.